The summed E-state index contributed by atoms with van der Waals surface area (Å²) in [5.41, 5.74) is 0.941. The van der Waals surface area contributed by atoms with Gasteiger partial charge in [-0.3, -0.25) is 4.68 Å². The Labute approximate surface area is 119 Å². The lowest BCUT2D eigenvalue weighted by molar-refractivity contribution is 0.570. The molecule has 7 heteroatoms. The van der Waals surface area contributed by atoms with E-state index in [1.54, 1.807) is 17.5 Å². The van der Waals surface area contributed by atoms with Crippen molar-refractivity contribution in [2.75, 3.05) is 11.9 Å². The Morgan fingerprint density at radius 1 is 1.37 bits per heavy atom. The standard InChI is InChI=1S/C12H12ClN5S/c13-9-2-3-11-10(8-9)16-12(19-11)14-4-1-6-18-7-5-15-17-18/h2-3,5,7-8H,1,4,6H2,(H,14,16). The number of hydrogen-bond acceptors (Lipinski definition) is 5. The van der Waals surface area contributed by atoms with Crippen LogP contribution < -0.4 is 5.32 Å². The highest BCUT2D eigenvalue weighted by molar-refractivity contribution is 7.22. The van der Waals surface area contributed by atoms with Gasteiger partial charge < -0.3 is 5.32 Å². The summed E-state index contributed by atoms with van der Waals surface area (Å²) in [6.45, 7) is 1.71. The molecule has 2 aromatic heterocycles. The van der Waals surface area contributed by atoms with E-state index in [0.717, 1.165) is 39.9 Å². The van der Waals surface area contributed by atoms with Gasteiger partial charge in [-0.25, -0.2) is 4.98 Å². The van der Waals surface area contributed by atoms with Gasteiger partial charge in [-0.05, 0) is 24.6 Å². The molecule has 0 aliphatic heterocycles. The molecule has 1 aromatic carbocycles. The number of benzene rings is 1. The van der Waals surface area contributed by atoms with Crippen LogP contribution in [0.3, 0.4) is 0 Å². The Bertz CT molecular complexity index is 664. The maximum atomic E-state index is 5.94. The second-order valence-corrected chi connectivity index (χ2v) is 5.54. The van der Waals surface area contributed by atoms with Crippen molar-refractivity contribution in [1.82, 2.24) is 20.0 Å². The summed E-state index contributed by atoms with van der Waals surface area (Å²) < 4.78 is 2.96. The van der Waals surface area contributed by atoms with Gasteiger partial charge in [-0.2, -0.15) is 0 Å². The molecule has 0 radical (unpaired) electrons. The molecule has 0 fully saturated rings. The van der Waals surface area contributed by atoms with Crippen LogP contribution in [0, 0.1) is 0 Å². The number of thiazole rings is 1. The molecule has 0 bridgehead atoms. The molecule has 1 N–H and O–H groups in total. The number of fused-ring (bicyclic) bond motifs is 1. The first-order chi connectivity index (χ1) is 9.31. The Hall–Kier alpha value is -1.66. The Morgan fingerprint density at radius 3 is 3.16 bits per heavy atom. The zero-order valence-electron chi connectivity index (χ0n) is 10.1. The summed E-state index contributed by atoms with van der Waals surface area (Å²) in [6.07, 6.45) is 4.52. The average Bonchev–Trinajstić information content (AvgIpc) is 3.02. The number of nitrogens with zero attached hydrogens (tertiary/aromatic N) is 4. The van der Waals surface area contributed by atoms with Crippen molar-refractivity contribution < 1.29 is 0 Å². The molecule has 0 saturated carbocycles. The van der Waals surface area contributed by atoms with Crippen molar-refractivity contribution >= 4 is 38.3 Å². The minimum Gasteiger partial charge on any atom is -0.361 e. The van der Waals surface area contributed by atoms with E-state index < -0.39 is 0 Å². The van der Waals surface area contributed by atoms with Crippen molar-refractivity contribution in [3.63, 3.8) is 0 Å². The van der Waals surface area contributed by atoms with Crippen LogP contribution in [0.1, 0.15) is 6.42 Å². The lowest BCUT2D eigenvalue weighted by Gasteiger charge is -2.01. The highest BCUT2D eigenvalue weighted by Crippen LogP contribution is 2.27. The predicted molar refractivity (Wildman–Crippen MR) is 77.8 cm³/mol. The fourth-order valence-electron chi connectivity index (χ4n) is 1.76. The Kier molecular flexibility index (Phi) is 3.61. The fraction of sp³-hybridized carbons (Fsp3) is 0.250. The smallest absolute Gasteiger partial charge is 0.183 e. The molecule has 0 aliphatic rings. The van der Waals surface area contributed by atoms with Gasteiger partial charge in [0.2, 0.25) is 0 Å². The van der Waals surface area contributed by atoms with Gasteiger partial charge in [0.15, 0.2) is 5.13 Å². The minimum atomic E-state index is 0.718. The van der Waals surface area contributed by atoms with Gasteiger partial charge in [-0.1, -0.05) is 28.2 Å². The van der Waals surface area contributed by atoms with Crippen LogP contribution in [0.25, 0.3) is 10.2 Å². The summed E-state index contributed by atoms with van der Waals surface area (Å²) in [7, 11) is 0. The predicted octanol–water partition coefficient (Wildman–Crippen LogP) is 3.04. The van der Waals surface area contributed by atoms with Crippen molar-refractivity contribution in [2.45, 2.75) is 13.0 Å². The maximum absolute atomic E-state index is 5.94. The van der Waals surface area contributed by atoms with Crippen molar-refractivity contribution in [3.8, 4) is 0 Å². The van der Waals surface area contributed by atoms with E-state index >= 15 is 0 Å². The third-order valence-corrected chi connectivity index (χ3v) is 3.89. The van der Waals surface area contributed by atoms with Crippen LogP contribution in [0.2, 0.25) is 5.02 Å². The van der Waals surface area contributed by atoms with Gasteiger partial charge in [0, 0.05) is 24.3 Å². The molecule has 0 aliphatic carbocycles. The first-order valence-corrected chi connectivity index (χ1v) is 7.15. The van der Waals surface area contributed by atoms with Crippen LogP contribution in [-0.2, 0) is 6.54 Å². The molecule has 98 valence electrons. The summed E-state index contributed by atoms with van der Waals surface area (Å²) in [5, 5.41) is 12.6. The van der Waals surface area contributed by atoms with E-state index in [1.165, 1.54) is 0 Å². The summed E-state index contributed by atoms with van der Waals surface area (Å²) in [4.78, 5) is 4.50. The lowest BCUT2D eigenvalue weighted by atomic mass is 10.3. The van der Waals surface area contributed by atoms with E-state index in [1.807, 2.05) is 29.1 Å². The normalized spacial score (nSPS) is 11.0. The van der Waals surface area contributed by atoms with Crippen molar-refractivity contribution in [2.24, 2.45) is 0 Å². The lowest BCUT2D eigenvalue weighted by Crippen LogP contribution is -2.07. The van der Waals surface area contributed by atoms with E-state index in [4.69, 9.17) is 11.6 Å². The molecule has 3 aromatic rings. The first kappa shape index (κ1) is 12.4. The van der Waals surface area contributed by atoms with Gasteiger partial charge in [0.1, 0.15) is 0 Å². The fourth-order valence-corrected chi connectivity index (χ4v) is 2.80. The Morgan fingerprint density at radius 2 is 2.32 bits per heavy atom. The monoisotopic (exact) mass is 293 g/mol. The molecule has 0 spiro atoms. The third-order valence-electron chi connectivity index (χ3n) is 2.66. The van der Waals surface area contributed by atoms with Crippen LogP contribution in [0.15, 0.2) is 30.6 Å². The average molecular weight is 294 g/mol. The summed E-state index contributed by atoms with van der Waals surface area (Å²) in [6, 6.07) is 5.76. The number of halogens is 1. The number of nitrogens with one attached hydrogen (secondary N) is 1. The molecule has 0 saturated heterocycles. The largest absolute Gasteiger partial charge is 0.361 e. The van der Waals surface area contributed by atoms with E-state index in [2.05, 4.69) is 20.6 Å². The quantitative estimate of drug-likeness (QED) is 0.735. The zero-order chi connectivity index (χ0) is 13.1. The molecule has 3 rings (SSSR count). The second-order valence-electron chi connectivity index (χ2n) is 4.08. The number of hydrogen-bond donors (Lipinski definition) is 1. The van der Waals surface area contributed by atoms with Gasteiger partial charge in [0.25, 0.3) is 0 Å². The number of aryl methyl sites for hydroxylation is 1. The van der Waals surface area contributed by atoms with Crippen LogP contribution in [0.4, 0.5) is 5.13 Å². The highest BCUT2D eigenvalue weighted by atomic mass is 35.5. The minimum absolute atomic E-state index is 0.718. The first-order valence-electron chi connectivity index (χ1n) is 5.95. The van der Waals surface area contributed by atoms with E-state index in [0.29, 0.717) is 0 Å². The van der Waals surface area contributed by atoms with Crippen molar-refractivity contribution in [3.05, 3.63) is 35.6 Å². The summed E-state index contributed by atoms with van der Waals surface area (Å²) in [5.74, 6) is 0. The maximum Gasteiger partial charge on any atom is 0.183 e. The molecular weight excluding hydrogens is 282 g/mol. The van der Waals surface area contributed by atoms with Gasteiger partial charge in [0.05, 0.1) is 16.4 Å². The Balaban J connectivity index is 1.56. The SMILES string of the molecule is Clc1ccc2sc(NCCCn3ccnn3)nc2c1. The summed E-state index contributed by atoms with van der Waals surface area (Å²) >= 11 is 7.58. The molecule has 0 unspecified atom stereocenters. The second kappa shape index (κ2) is 5.54. The van der Waals surface area contributed by atoms with Gasteiger partial charge in [-0.15, -0.1) is 5.10 Å². The molecule has 2 heterocycles. The number of anilines is 1. The van der Waals surface area contributed by atoms with Crippen LogP contribution in [0.5, 0.6) is 0 Å². The van der Waals surface area contributed by atoms with Crippen molar-refractivity contribution in [1.29, 1.82) is 0 Å². The number of aromatic nitrogens is 4. The molecule has 19 heavy (non-hydrogen) atoms. The number of rotatable bonds is 5. The molecule has 5 nitrogen and oxygen atoms in total. The molecule has 0 amide bonds. The van der Waals surface area contributed by atoms with Crippen LogP contribution >= 0.6 is 22.9 Å². The zero-order valence-corrected chi connectivity index (χ0v) is 11.7. The highest BCUT2D eigenvalue weighted by Gasteiger charge is 2.03. The van der Waals surface area contributed by atoms with Crippen LogP contribution in [-0.4, -0.2) is 26.5 Å². The topological polar surface area (TPSA) is 55.6 Å². The van der Waals surface area contributed by atoms with E-state index in [-0.39, 0.29) is 0 Å². The molecular formula is C12H12ClN5S. The van der Waals surface area contributed by atoms with Gasteiger partial charge >= 0.3 is 0 Å². The van der Waals surface area contributed by atoms with E-state index in [9.17, 15) is 0 Å². The molecule has 0 atom stereocenters. The third kappa shape index (κ3) is 3.02.